The van der Waals surface area contributed by atoms with Crippen LogP contribution in [-0.4, -0.2) is 49.6 Å². The second kappa shape index (κ2) is 11.8. The molecule has 4 amide bonds. The van der Waals surface area contributed by atoms with Gasteiger partial charge < -0.3 is 20.1 Å². The van der Waals surface area contributed by atoms with Crippen LogP contribution in [0.3, 0.4) is 0 Å². The Balaban J connectivity index is 1.65. The monoisotopic (exact) mass is 419 g/mol. The molecule has 0 spiro atoms. The van der Waals surface area contributed by atoms with E-state index < -0.39 is 37.0 Å². The number of rotatable bonds is 8. The summed E-state index contributed by atoms with van der Waals surface area (Å²) < 4.78 is 10.1. The lowest BCUT2D eigenvalue weighted by Gasteiger charge is -2.29. The molecule has 3 N–H and O–H groups in total. The van der Waals surface area contributed by atoms with Gasteiger partial charge in [-0.2, -0.15) is 0 Å². The van der Waals surface area contributed by atoms with E-state index in [4.69, 9.17) is 9.47 Å². The fraction of sp³-hybridized carbons (Fsp3) is 0.524. The van der Waals surface area contributed by atoms with Crippen LogP contribution < -0.4 is 20.7 Å². The highest BCUT2D eigenvalue weighted by molar-refractivity contribution is 5.97. The van der Waals surface area contributed by atoms with Gasteiger partial charge in [0.1, 0.15) is 12.3 Å². The molecule has 30 heavy (non-hydrogen) atoms. The molecule has 164 valence electrons. The molecule has 0 bridgehead atoms. The maximum Gasteiger partial charge on any atom is 0.325 e. The Bertz CT molecular complexity index is 750. The van der Waals surface area contributed by atoms with Gasteiger partial charge in [-0.25, -0.2) is 4.79 Å². The van der Waals surface area contributed by atoms with Gasteiger partial charge in [0.05, 0.1) is 6.61 Å². The normalized spacial score (nSPS) is 18.1. The fourth-order valence-electron chi connectivity index (χ4n) is 3.22. The van der Waals surface area contributed by atoms with Crippen molar-refractivity contribution in [2.75, 3.05) is 19.8 Å². The van der Waals surface area contributed by atoms with E-state index in [1.165, 1.54) is 0 Å². The first-order chi connectivity index (χ1) is 14.4. The van der Waals surface area contributed by atoms with Gasteiger partial charge >= 0.3 is 12.0 Å². The van der Waals surface area contributed by atoms with Gasteiger partial charge in [-0.05, 0) is 49.9 Å². The molecule has 1 fully saturated rings. The number of benzene rings is 1. The Morgan fingerprint density at radius 2 is 1.77 bits per heavy atom. The zero-order chi connectivity index (χ0) is 21.9. The van der Waals surface area contributed by atoms with Crippen LogP contribution in [0.2, 0.25) is 0 Å². The largest absolute Gasteiger partial charge is 0.494 e. The molecule has 1 aromatic carbocycles. The van der Waals surface area contributed by atoms with Crippen molar-refractivity contribution in [1.82, 2.24) is 16.0 Å². The Morgan fingerprint density at radius 1 is 1.07 bits per heavy atom. The Morgan fingerprint density at radius 3 is 2.43 bits per heavy atom. The van der Waals surface area contributed by atoms with Crippen LogP contribution in [0.4, 0.5) is 4.79 Å². The number of hydrogen-bond acceptors (Lipinski definition) is 6. The molecule has 0 radical (unpaired) electrons. The van der Waals surface area contributed by atoms with E-state index in [0.29, 0.717) is 23.8 Å². The van der Waals surface area contributed by atoms with Crippen molar-refractivity contribution >= 4 is 23.8 Å². The van der Waals surface area contributed by atoms with Crippen molar-refractivity contribution in [1.29, 1.82) is 0 Å². The maximum atomic E-state index is 12.0. The van der Waals surface area contributed by atoms with E-state index in [2.05, 4.69) is 22.9 Å². The summed E-state index contributed by atoms with van der Waals surface area (Å²) >= 11 is 0. The quantitative estimate of drug-likeness (QED) is 0.552. The molecule has 2 atom stereocenters. The zero-order valence-corrected chi connectivity index (χ0v) is 17.4. The highest BCUT2D eigenvalue weighted by Gasteiger charge is 2.23. The minimum atomic E-state index is -0.786. The smallest absolute Gasteiger partial charge is 0.325 e. The minimum Gasteiger partial charge on any atom is -0.494 e. The first kappa shape index (κ1) is 23.2. The van der Waals surface area contributed by atoms with Crippen molar-refractivity contribution in [3.8, 4) is 5.75 Å². The molecule has 0 heterocycles. The summed E-state index contributed by atoms with van der Waals surface area (Å²) in [6, 6.07) is 5.89. The number of imide groups is 1. The molecule has 0 unspecified atom stereocenters. The number of amides is 4. The van der Waals surface area contributed by atoms with E-state index in [1.807, 2.05) is 6.92 Å². The summed E-state index contributed by atoms with van der Waals surface area (Å²) in [4.78, 5) is 47.4. The number of ether oxygens (including phenoxy) is 2. The molecule has 0 saturated heterocycles. The average Bonchev–Trinajstić information content (AvgIpc) is 2.73. The van der Waals surface area contributed by atoms with E-state index >= 15 is 0 Å². The van der Waals surface area contributed by atoms with Gasteiger partial charge in [0.2, 0.25) is 0 Å². The van der Waals surface area contributed by atoms with Crippen LogP contribution in [0, 0.1) is 5.92 Å². The van der Waals surface area contributed by atoms with Crippen LogP contribution in [0.15, 0.2) is 24.3 Å². The van der Waals surface area contributed by atoms with Gasteiger partial charge in [0.15, 0.2) is 6.61 Å². The number of carbonyl (C=O) groups excluding carboxylic acids is 4. The lowest BCUT2D eigenvalue weighted by Crippen LogP contribution is -2.48. The fourth-order valence-corrected chi connectivity index (χ4v) is 3.22. The molecule has 1 aliphatic carbocycles. The highest BCUT2D eigenvalue weighted by Crippen LogP contribution is 2.23. The first-order valence-corrected chi connectivity index (χ1v) is 10.2. The SMILES string of the molecule is CCOc1ccc(C(=O)NCC(=O)OCC(=O)NC(=O)N[C@@H]2CCCC[C@H]2C)cc1. The number of urea groups is 1. The second-order valence-electron chi connectivity index (χ2n) is 7.19. The molecule has 2 rings (SSSR count). The van der Waals surface area contributed by atoms with E-state index in [1.54, 1.807) is 24.3 Å². The molecule has 9 heteroatoms. The summed E-state index contributed by atoms with van der Waals surface area (Å²) in [5.41, 5.74) is 0.359. The lowest BCUT2D eigenvalue weighted by molar-refractivity contribution is -0.147. The number of esters is 1. The second-order valence-corrected chi connectivity index (χ2v) is 7.19. The third-order valence-electron chi connectivity index (χ3n) is 4.87. The van der Waals surface area contributed by atoms with E-state index in [0.717, 1.165) is 25.7 Å². The molecule has 0 aromatic heterocycles. The first-order valence-electron chi connectivity index (χ1n) is 10.2. The van der Waals surface area contributed by atoms with Crippen molar-refractivity contribution in [2.24, 2.45) is 5.92 Å². The molecule has 1 aliphatic rings. The van der Waals surface area contributed by atoms with Crippen molar-refractivity contribution in [3.05, 3.63) is 29.8 Å². The standard InChI is InChI=1S/C21H29N3O6/c1-3-29-16-10-8-15(9-11-16)20(27)22-12-19(26)30-13-18(25)24-21(28)23-17-7-5-4-6-14(17)2/h8-11,14,17H,3-7,12-13H2,1-2H3,(H,22,27)(H2,23,24,25,28)/t14-,17-/m1/s1. The summed E-state index contributed by atoms with van der Waals surface area (Å²) in [7, 11) is 0. The Labute approximate surface area is 175 Å². The van der Waals surface area contributed by atoms with Gasteiger partial charge in [0, 0.05) is 11.6 Å². The third kappa shape index (κ3) is 7.73. The van der Waals surface area contributed by atoms with Crippen LogP contribution in [0.1, 0.15) is 49.9 Å². The van der Waals surface area contributed by atoms with Crippen LogP contribution in [-0.2, 0) is 14.3 Å². The predicted octanol–water partition coefficient (Wildman–Crippen LogP) is 1.76. The molecule has 1 aromatic rings. The average molecular weight is 419 g/mol. The summed E-state index contributed by atoms with van der Waals surface area (Å²) in [6.45, 7) is 3.44. The number of hydrogen-bond donors (Lipinski definition) is 3. The Hall–Kier alpha value is -3.10. The summed E-state index contributed by atoms with van der Waals surface area (Å²) in [6.07, 6.45) is 4.11. The highest BCUT2D eigenvalue weighted by atomic mass is 16.5. The molecular weight excluding hydrogens is 390 g/mol. The van der Waals surface area contributed by atoms with E-state index in [9.17, 15) is 19.2 Å². The topological polar surface area (TPSA) is 123 Å². The minimum absolute atomic E-state index is 0.0342. The van der Waals surface area contributed by atoms with Crippen molar-refractivity contribution < 1.29 is 28.7 Å². The van der Waals surface area contributed by atoms with Gasteiger partial charge in [-0.15, -0.1) is 0 Å². The lowest BCUT2D eigenvalue weighted by atomic mass is 9.86. The zero-order valence-electron chi connectivity index (χ0n) is 17.4. The predicted molar refractivity (Wildman–Crippen MR) is 109 cm³/mol. The Kier molecular flexibility index (Phi) is 9.11. The molecular formula is C21H29N3O6. The molecule has 1 saturated carbocycles. The van der Waals surface area contributed by atoms with Crippen molar-refractivity contribution in [2.45, 2.75) is 45.6 Å². The summed E-state index contributed by atoms with van der Waals surface area (Å²) in [5.74, 6) is -0.980. The van der Waals surface area contributed by atoms with Crippen LogP contribution in [0.5, 0.6) is 5.75 Å². The van der Waals surface area contributed by atoms with Crippen LogP contribution in [0.25, 0.3) is 0 Å². The van der Waals surface area contributed by atoms with Crippen molar-refractivity contribution in [3.63, 3.8) is 0 Å². The number of carbonyl (C=O) groups is 4. The van der Waals surface area contributed by atoms with Gasteiger partial charge in [-0.1, -0.05) is 19.8 Å². The maximum absolute atomic E-state index is 12.0. The van der Waals surface area contributed by atoms with E-state index in [-0.39, 0.29) is 6.04 Å². The summed E-state index contributed by atoms with van der Waals surface area (Å²) in [5, 5.41) is 7.33. The van der Waals surface area contributed by atoms with Gasteiger partial charge in [0.25, 0.3) is 11.8 Å². The number of nitrogens with one attached hydrogen (secondary N) is 3. The third-order valence-corrected chi connectivity index (χ3v) is 4.87. The van der Waals surface area contributed by atoms with Crippen LogP contribution >= 0.6 is 0 Å². The van der Waals surface area contributed by atoms with Gasteiger partial charge in [-0.3, -0.25) is 19.7 Å². The molecule has 9 nitrogen and oxygen atoms in total. The molecule has 0 aliphatic heterocycles.